The van der Waals surface area contributed by atoms with Gasteiger partial charge in [0.1, 0.15) is 4.90 Å². The van der Waals surface area contributed by atoms with Crippen LogP contribution in [0.3, 0.4) is 0 Å². The maximum atomic E-state index is 12.9. The summed E-state index contributed by atoms with van der Waals surface area (Å²) in [7, 11) is -4.22. The fourth-order valence-corrected chi connectivity index (χ4v) is 6.77. The Labute approximate surface area is 209 Å². The quantitative estimate of drug-likeness (QED) is 0.361. The van der Waals surface area contributed by atoms with Gasteiger partial charge in [0, 0.05) is 34.4 Å². The van der Waals surface area contributed by atoms with Gasteiger partial charge in [-0.2, -0.15) is 13.2 Å². The van der Waals surface area contributed by atoms with Crippen LogP contribution in [0.25, 0.3) is 10.9 Å². The van der Waals surface area contributed by atoms with E-state index in [-0.39, 0.29) is 6.04 Å². The molecule has 1 fully saturated rings. The van der Waals surface area contributed by atoms with Gasteiger partial charge in [0.05, 0.1) is 21.1 Å². The largest absolute Gasteiger partial charge is 0.416 e. The minimum atomic E-state index is -4.69. The lowest BCUT2D eigenvalue weighted by molar-refractivity contribution is -0.137. The number of benzene rings is 2. The van der Waals surface area contributed by atoms with Crippen molar-refractivity contribution in [3.05, 3.63) is 63.2 Å². The Morgan fingerprint density at radius 2 is 1.53 bits per heavy atom. The molecule has 4 rings (SSSR count). The van der Waals surface area contributed by atoms with Gasteiger partial charge in [-0.1, -0.05) is 34.8 Å². The molecule has 0 bridgehead atoms. The number of alkyl halides is 3. The number of fused-ring (bicyclic) bond motifs is 1. The molecule has 1 aliphatic carbocycles. The number of anilines is 1. The zero-order chi connectivity index (χ0) is 24.7. The summed E-state index contributed by atoms with van der Waals surface area (Å²) < 4.78 is 67.1. The number of halogens is 6. The molecule has 1 heterocycles. The van der Waals surface area contributed by atoms with Crippen molar-refractivity contribution in [2.24, 2.45) is 0 Å². The minimum absolute atomic E-state index is 0.111. The average molecular weight is 553 g/mol. The number of rotatable bonds is 5. The van der Waals surface area contributed by atoms with Crippen LogP contribution in [0.2, 0.25) is 15.1 Å². The lowest BCUT2D eigenvalue weighted by Gasteiger charge is -2.30. The molecule has 5 nitrogen and oxygen atoms in total. The number of pyridine rings is 1. The van der Waals surface area contributed by atoms with Crippen molar-refractivity contribution < 1.29 is 21.6 Å². The van der Waals surface area contributed by atoms with E-state index in [0.29, 0.717) is 42.8 Å². The molecule has 182 valence electrons. The number of sulfonamides is 1. The van der Waals surface area contributed by atoms with Gasteiger partial charge in [-0.05, 0) is 62.1 Å². The molecular formula is C22H19Cl3F3N3O2S. The summed E-state index contributed by atoms with van der Waals surface area (Å²) in [6.07, 6.45) is -0.583. The molecule has 1 aliphatic rings. The van der Waals surface area contributed by atoms with Crippen molar-refractivity contribution in [3.8, 4) is 0 Å². The van der Waals surface area contributed by atoms with Crippen LogP contribution in [0.5, 0.6) is 0 Å². The predicted molar refractivity (Wildman–Crippen MR) is 128 cm³/mol. The summed E-state index contributed by atoms with van der Waals surface area (Å²) in [5.41, 5.74) is 0.567. The van der Waals surface area contributed by atoms with E-state index in [1.54, 1.807) is 18.3 Å². The van der Waals surface area contributed by atoms with Crippen molar-refractivity contribution in [2.75, 3.05) is 5.32 Å². The summed E-state index contributed by atoms with van der Waals surface area (Å²) >= 11 is 17.8. The van der Waals surface area contributed by atoms with Gasteiger partial charge in [0.2, 0.25) is 10.0 Å². The normalized spacial score (nSPS) is 19.4. The van der Waals surface area contributed by atoms with Crippen LogP contribution in [0, 0.1) is 0 Å². The van der Waals surface area contributed by atoms with E-state index < -0.39 is 42.7 Å². The number of hydrogen-bond acceptors (Lipinski definition) is 4. The average Bonchev–Trinajstić information content (AvgIpc) is 2.73. The van der Waals surface area contributed by atoms with Gasteiger partial charge in [0.15, 0.2) is 0 Å². The minimum Gasteiger partial charge on any atom is -0.382 e. The Kier molecular flexibility index (Phi) is 7.22. The maximum Gasteiger partial charge on any atom is 0.416 e. The first-order chi connectivity index (χ1) is 15.9. The van der Waals surface area contributed by atoms with Gasteiger partial charge in [-0.25, -0.2) is 13.1 Å². The molecule has 0 radical (unpaired) electrons. The molecule has 2 aromatic carbocycles. The van der Waals surface area contributed by atoms with E-state index in [1.807, 2.05) is 12.1 Å². The number of nitrogens with zero attached hydrogens (tertiary/aromatic N) is 1. The Morgan fingerprint density at radius 3 is 2.15 bits per heavy atom. The van der Waals surface area contributed by atoms with E-state index >= 15 is 0 Å². The molecule has 0 saturated heterocycles. The lowest BCUT2D eigenvalue weighted by Crippen LogP contribution is -2.40. The zero-order valence-electron chi connectivity index (χ0n) is 17.5. The topological polar surface area (TPSA) is 71.1 Å². The summed E-state index contributed by atoms with van der Waals surface area (Å²) in [5, 5.41) is 3.86. The van der Waals surface area contributed by atoms with Crippen molar-refractivity contribution in [1.82, 2.24) is 9.71 Å². The molecule has 0 spiro atoms. The van der Waals surface area contributed by atoms with E-state index in [1.165, 1.54) is 0 Å². The third-order valence-corrected chi connectivity index (χ3v) is 8.38. The Bertz CT molecular complexity index is 1300. The predicted octanol–water partition coefficient (Wildman–Crippen LogP) is 6.92. The summed E-state index contributed by atoms with van der Waals surface area (Å²) in [6.45, 7) is 0. The summed E-state index contributed by atoms with van der Waals surface area (Å²) in [4.78, 5) is 3.77. The Morgan fingerprint density at radius 1 is 0.912 bits per heavy atom. The van der Waals surface area contributed by atoms with Crippen LogP contribution in [0.4, 0.5) is 18.9 Å². The standard InChI is InChI=1S/C22H19Cl3F3N3O2S/c23-13-1-6-16-19(7-8-29-20(16)11-13)30-14-2-4-15(5-3-14)31-34(32,33)21-17(24)9-12(10-18(21)25)22(26,27)28/h1,6-11,14-15,31H,2-5H2,(H,29,30)/t14-,15+. The first kappa shape index (κ1) is 25.3. The van der Waals surface area contributed by atoms with Crippen molar-refractivity contribution in [1.29, 1.82) is 0 Å². The molecule has 0 atom stereocenters. The van der Waals surface area contributed by atoms with Crippen LogP contribution in [0.1, 0.15) is 31.2 Å². The highest BCUT2D eigenvalue weighted by molar-refractivity contribution is 7.89. The molecule has 0 amide bonds. The Balaban J connectivity index is 1.43. The van der Waals surface area contributed by atoms with E-state index in [0.717, 1.165) is 16.6 Å². The van der Waals surface area contributed by atoms with Gasteiger partial charge < -0.3 is 5.32 Å². The first-order valence-corrected chi connectivity index (χ1v) is 12.9. The van der Waals surface area contributed by atoms with Gasteiger partial charge in [0.25, 0.3) is 0 Å². The van der Waals surface area contributed by atoms with Crippen molar-refractivity contribution in [3.63, 3.8) is 0 Å². The van der Waals surface area contributed by atoms with Crippen LogP contribution in [-0.2, 0) is 16.2 Å². The second-order valence-corrected chi connectivity index (χ2v) is 11.0. The SMILES string of the molecule is O=S(=O)(N[C@H]1CC[C@@H](Nc2ccnc3cc(Cl)ccc23)CC1)c1c(Cl)cc(C(F)(F)F)cc1Cl. The second-order valence-electron chi connectivity index (χ2n) is 8.10. The van der Waals surface area contributed by atoms with E-state index in [9.17, 15) is 21.6 Å². The fraction of sp³-hybridized carbons (Fsp3) is 0.318. The Hall–Kier alpha value is -1.78. The number of hydrogen-bond donors (Lipinski definition) is 2. The summed E-state index contributed by atoms with van der Waals surface area (Å²) in [5.74, 6) is 0. The van der Waals surface area contributed by atoms with Crippen molar-refractivity contribution >= 4 is 61.4 Å². The molecule has 0 unspecified atom stereocenters. The number of aromatic nitrogens is 1. The second kappa shape index (κ2) is 9.70. The van der Waals surface area contributed by atoms with Crippen LogP contribution >= 0.6 is 34.8 Å². The smallest absolute Gasteiger partial charge is 0.382 e. The maximum absolute atomic E-state index is 12.9. The molecule has 1 aromatic heterocycles. The van der Waals surface area contributed by atoms with Crippen molar-refractivity contribution in [2.45, 2.75) is 48.8 Å². The molecule has 0 aliphatic heterocycles. The molecule has 2 N–H and O–H groups in total. The highest BCUT2D eigenvalue weighted by Gasteiger charge is 2.35. The van der Waals surface area contributed by atoms with Gasteiger partial charge in [-0.15, -0.1) is 0 Å². The zero-order valence-corrected chi connectivity index (χ0v) is 20.5. The molecule has 1 saturated carbocycles. The monoisotopic (exact) mass is 551 g/mol. The van der Waals surface area contributed by atoms with E-state index in [4.69, 9.17) is 34.8 Å². The molecular weight excluding hydrogens is 534 g/mol. The van der Waals surface area contributed by atoms with E-state index in [2.05, 4.69) is 15.0 Å². The first-order valence-electron chi connectivity index (χ1n) is 10.3. The highest BCUT2D eigenvalue weighted by atomic mass is 35.5. The molecule has 34 heavy (non-hydrogen) atoms. The van der Waals surface area contributed by atoms with Crippen LogP contribution in [0.15, 0.2) is 47.5 Å². The van der Waals surface area contributed by atoms with Crippen LogP contribution < -0.4 is 10.0 Å². The lowest BCUT2D eigenvalue weighted by atomic mass is 9.91. The number of nitrogens with one attached hydrogen (secondary N) is 2. The third-order valence-electron chi connectivity index (χ3n) is 5.71. The fourth-order valence-electron chi connectivity index (χ4n) is 4.08. The van der Waals surface area contributed by atoms with Crippen LogP contribution in [-0.4, -0.2) is 25.5 Å². The van der Waals surface area contributed by atoms with Gasteiger partial charge >= 0.3 is 6.18 Å². The summed E-state index contributed by atoms with van der Waals surface area (Å²) in [6, 6.07) is 8.19. The molecule has 12 heteroatoms. The van der Waals surface area contributed by atoms with Gasteiger partial charge in [-0.3, -0.25) is 4.98 Å². The highest BCUT2D eigenvalue weighted by Crippen LogP contribution is 2.38. The molecule has 3 aromatic rings. The third kappa shape index (κ3) is 5.54.